The number of nitrogens with two attached hydrogens (primary N) is 1. The molecule has 8 nitrogen and oxygen atoms in total. The van der Waals surface area contributed by atoms with Gasteiger partial charge in [-0.2, -0.15) is 10.5 Å². The van der Waals surface area contributed by atoms with Crippen molar-refractivity contribution >= 4 is 33.4 Å². The number of hydrogen-bond acceptors (Lipinski definition) is 9. The molecular weight excluding hydrogens is 428 g/mol. The van der Waals surface area contributed by atoms with Gasteiger partial charge in [0.1, 0.15) is 11.9 Å². The lowest BCUT2D eigenvalue weighted by molar-refractivity contribution is -0.140. The molecule has 9 heteroatoms. The topological polar surface area (TPSA) is 138 Å². The molecule has 1 saturated carbocycles. The van der Waals surface area contributed by atoms with Crippen molar-refractivity contribution in [3.63, 3.8) is 0 Å². The molecule has 32 heavy (non-hydrogen) atoms. The largest absolute Gasteiger partial charge is 0.466 e. The van der Waals surface area contributed by atoms with Crippen molar-refractivity contribution in [3.8, 4) is 12.1 Å². The van der Waals surface area contributed by atoms with Crippen LogP contribution in [0.5, 0.6) is 0 Å². The van der Waals surface area contributed by atoms with Gasteiger partial charge in [-0.05, 0) is 54.1 Å². The summed E-state index contributed by atoms with van der Waals surface area (Å²) in [4.78, 5) is 25.9. The Morgan fingerprint density at radius 3 is 2.59 bits per heavy atom. The molecule has 2 aliphatic rings. The third kappa shape index (κ3) is 3.68. The van der Waals surface area contributed by atoms with Gasteiger partial charge in [-0.1, -0.05) is 0 Å². The van der Waals surface area contributed by atoms with Crippen molar-refractivity contribution < 1.29 is 19.1 Å². The number of dihydropyridines is 1. The fraction of sp³-hybridized carbons (Fsp3) is 0.304. The Bertz CT molecular complexity index is 1290. The lowest BCUT2D eigenvalue weighted by Crippen LogP contribution is -2.36. The van der Waals surface area contributed by atoms with Crippen molar-refractivity contribution in [2.24, 2.45) is 11.7 Å². The predicted octanol–water partition coefficient (Wildman–Crippen LogP) is 2.90. The summed E-state index contributed by atoms with van der Waals surface area (Å²) in [5.74, 6) is -1.65. The average Bonchev–Trinajstić information content (AvgIpc) is 3.52. The summed E-state index contributed by atoms with van der Waals surface area (Å²) in [5.41, 5.74) is 8.25. The van der Waals surface area contributed by atoms with Crippen LogP contribution in [0, 0.1) is 28.6 Å². The van der Waals surface area contributed by atoms with E-state index in [1.165, 1.54) is 24.5 Å². The first-order chi connectivity index (χ1) is 15.4. The number of ether oxygens (including phenoxy) is 2. The molecule has 0 bridgehead atoms. The molecule has 0 saturated heterocycles. The van der Waals surface area contributed by atoms with Gasteiger partial charge in [0, 0.05) is 5.70 Å². The Morgan fingerprint density at radius 1 is 1.22 bits per heavy atom. The van der Waals surface area contributed by atoms with E-state index in [0.29, 0.717) is 45.0 Å². The number of carbonyl (C=O) groups is 2. The molecule has 1 fully saturated rings. The zero-order valence-corrected chi connectivity index (χ0v) is 18.3. The van der Waals surface area contributed by atoms with Gasteiger partial charge in [0.15, 0.2) is 0 Å². The zero-order chi connectivity index (χ0) is 23.0. The van der Waals surface area contributed by atoms with E-state index in [1.807, 2.05) is 0 Å². The van der Waals surface area contributed by atoms with Crippen LogP contribution in [0.2, 0.25) is 0 Å². The smallest absolute Gasteiger partial charge is 0.338 e. The maximum atomic E-state index is 13.1. The molecule has 4 rings (SSSR count). The Morgan fingerprint density at radius 2 is 1.97 bits per heavy atom. The van der Waals surface area contributed by atoms with E-state index in [2.05, 4.69) is 17.5 Å². The van der Waals surface area contributed by atoms with Crippen LogP contribution in [0.4, 0.5) is 0 Å². The second-order valence-corrected chi connectivity index (χ2v) is 8.65. The maximum Gasteiger partial charge on any atom is 0.338 e. The molecule has 2 aromatic rings. The number of hydrogen-bond donors (Lipinski definition) is 2. The number of allylic oxidation sites excluding steroid dienone is 1. The first-order valence-electron chi connectivity index (χ1n) is 9.97. The minimum absolute atomic E-state index is 0.0947. The minimum Gasteiger partial charge on any atom is -0.466 e. The lowest BCUT2D eigenvalue weighted by Gasteiger charge is -2.29. The summed E-state index contributed by atoms with van der Waals surface area (Å²) in [6.07, 6.45) is 2.03. The highest BCUT2D eigenvalue weighted by Gasteiger charge is 2.40. The van der Waals surface area contributed by atoms with Crippen molar-refractivity contribution in [3.05, 3.63) is 56.9 Å². The van der Waals surface area contributed by atoms with Gasteiger partial charge < -0.3 is 20.5 Å². The van der Waals surface area contributed by atoms with E-state index in [1.54, 1.807) is 18.4 Å². The summed E-state index contributed by atoms with van der Waals surface area (Å²) in [6, 6.07) is 7.34. The number of nitriles is 2. The standard InChI is InChI=1S/C23H20N4O4S/c1-11-17(22(28)30-2)18(19(21(26)27-11)23(29)31-9-12-3-4-12)16-10-32-20-14(8-25)5-13(7-24)6-15(16)20/h5-6,10,12,18,27H,3-4,9,26H2,1-2H3. The SMILES string of the molecule is COC(=O)C1=C(C)NC(N)=C(C(=O)OCC2CC2)C1c1csc2c(C#N)cc(C#N)cc12. The van der Waals surface area contributed by atoms with Gasteiger partial charge in [0.2, 0.25) is 0 Å². The highest BCUT2D eigenvalue weighted by atomic mass is 32.1. The molecule has 0 spiro atoms. The molecule has 3 N–H and O–H groups in total. The maximum absolute atomic E-state index is 13.1. The second kappa shape index (κ2) is 8.37. The van der Waals surface area contributed by atoms with Gasteiger partial charge in [-0.25, -0.2) is 9.59 Å². The normalized spacial score (nSPS) is 18.1. The van der Waals surface area contributed by atoms with E-state index in [4.69, 9.17) is 15.2 Å². The van der Waals surface area contributed by atoms with Gasteiger partial charge in [0.05, 0.1) is 52.7 Å². The Hall–Kier alpha value is -3.82. The molecule has 1 atom stereocenters. The number of benzene rings is 1. The van der Waals surface area contributed by atoms with E-state index in [-0.39, 0.29) is 17.0 Å². The number of carbonyl (C=O) groups excluding carboxylic acids is 2. The number of nitrogens with one attached hydrogen (secondary N) is 1. The molecule has 0 radical (unpaired) electrons. The third-order valence-corrected chi connectivity index (χ3v) is 6.68. The second-order valence-electron chi connectivity index (χ2n) is 7.77. The first-order valence-corrected chi connectivity index (χ1v) is 10.9. The van der Waals surface area contributed by atoms with Crippen LogP contribution in [0.3, 0.4) is 0 Å². The summed E-state index contributed by atoms with van der Waals surface area (Å²) in [7, 11) is 1.26. The van der Waals surface area contributed by atoms with Gasteiger partial charge in [0.25, 0.3) is 0 Å². The van der Waals surface area contributed by atoms with Gasteiger partial charge in [-0.3, -0.25) is 0 Å². The fourth-order valence-corrected chi connectivity index (χ4v) is 4.90. The van der Waals surface area contributed by atoms with Crippen molar-refractivity contribution in [1.29, 1.82) is 10.5 Å². The molecule has 162 valence electrons. The number of thiophene rings is 1. The number of methoxy groups -OCH3 is 1. The van der Waals surface area contributed by atoms with Crippen LogP contribution in [0.25, 0.3) is 10.1 Å². The average molecular weight is 449 g/mol. The molecule has 2 heterocycles. The van der Waals surface area contributed by atoms with Crippen LogP contribution >= 0.6 is 11.3 Å². The molecule has 1 aromatic carbocycles. The van der Waals surface area contributed by atoms with E-state index >= 15 is 0 Å². The summed E-state index contributed by atoms with van der Waals surface area (Å²) >= 11 is 1.30. The summed E-state index contributed by atoms with van der Waals surface area (Å²) in [6.45, 7) is 1.97. The highest BCUT2D eigenvalue weighted by Crippen LogP contribution is 2.44. The van der Waals surface area contributed by atoms with E-state index in [9.17, 15) is 20.1 Å². The number of nitrogens with zero attached hydrogens (tertiary/aromatic N) is 2. The van der Waals surface area contributed by atoms with Crippen LogP contribution < -0.4 is 11.1 Å². The summed E-state index contributed by atoms with van der Waals surface area (Å²) in [5, 5.41) is 24.3. The minimum atomic E-state index is -0.871. The first kappa shape index (κ1) is 21.4. The molecule has 1 aliphatic heterocycles. The molecular formula is C23H20N4O4S. The quantitative estimate of drug-likeness (QED) is 0.666. The Kier molecular flexibility index (Phi) is 5.60. The monoisotopic (exact) mass is 448 g/mol. The molecule has 1 aromatic heterocycles. The van der Waals surface area contributed by atoms with Crippen molar-refractivity contribution in [2.45, 2.75) is 25.7 Å². The summed E-state index contributed by atoms with van der Waals surface area (Å²) < 4.78 is 11.2. The fourth-order valence-electron chi connectivity index (χ4n) is 3.86. The van der Waals surface area contributed by atoms with Gasteiger partial charge in [-0.15, -0.1) is 11.3 Å². The Labute approximate surface area is 188 Å². The molecule has 1 aliphatic carbocycles. The highest BCUT2D eigenvalue weighted by molar-refractivity contribution is 7.17. The molecule has 0 amide bonds. The van der Waals surface area contributed by atoms with Crippen LogP contribution in [0.1, 0.15) is 42.4 Å². The predicted molar refractivity (Wildman–Crippen MR) is 117 cm³/mol. The van der Waals surface area contributed by atoms with E-state index in [0.717, 1.165) is 12.8 Å². The van der Waals surface area contributed by atoms with E-state index < -0.39 is 17.9 Å². The number of fused-ring (bicyclic) bond motifs is 1. The van der Waals surface area contributed by atoms with Crippen LogP contribution in [-0.4, -0.2) is 25.7 Å². The Balaban J connectivity index is 1.92. The third-order valence-electron chi connectivity index (χ3n) is 5.63. The van der Waals surface area contributed by atoms with Crippen molar-refractivity contribution in [1.82, 2.24) is 5.32 Å². The lowest BCUT2D eigenvalue weighted by atomic mass is 9.81. The number of rotatable bonds is 5. The zero-order valence-electron chi connectivity index (χ0n) is 17.5. The van der Waals surface area contributed by atoms with Crippen LogP contribution in [-0.2, 0) is 19.1 Å². The molecule has 1 unspecified atom stereocenters. The van der Waals surface area contributed by atoms with Crippen molar-refractivity contribution in [2.75, 3.05) is 13.7 Å². The van der Waals surface area contributed by atoms with Gasteiger partial charge >= 0.3 is 11.9 Å². The van der Waals surface area contributed by atoms with Crippen LogP contribution in [0.15, 0.2) is 40.2 Å². The number of esters is 2.